The largest absolute Gasteiger partial charge is 0.284 e. The van der Waals surface area contributed by atoms with Gasteiger partial charge in [-0.05, 0) is 54.3 Å². The fraction of sp³-hybridized carbons (Fsp3) is 0.227. The van der Waals surface area contributed by atoms with Crippen molar-refractivity contribution in [3.8, 4) is 0 Å². The molecule has 8 heteroatoms. The molecule has 5 nitrogen and oxygen atoms in total. The molecule has 0 N–H and O–H groups in total. The number of aromatic nitrogens is 1. The number of rotatable bonds is 4. The molecule has 3 aromatic rings. The van der Waals surface area contributed by atoms with Gasteiger partial charge < -0.3 is 0 Å². The number of benzene rings is 2. The third-order valence-corrected chi connectivity index (χ3v) is 8.45. The summed E-state index contributed by atoms with van der Waals surface area (Å²) in [5.41, 5.74) is 1.33. The van der Waals surface area contributed by atoms with Crippen molar-refractivity contribution in [3.63, 3.8) is 0 Å². The second-order valence-corrected chi connectivity index (χ2v) is 10.6. The van der Waals surface area contributed by atoms with Crippen molar-refractivity contribution in [2.45, 2.75) is 30.2 Å². The van der Waals surface area contributed by atoms with E-state index >= 15 is 0 Å². The minimum Gasteiger partial charge on any atom is -0.284 e. The lowest BCUT2D eigenvalue weighted by molar-refractivity contribution is 0.529. The van der Waals surface area contributed by atoms with Gasteiger partial charge in [0.2, 0.25) is 10.0 Å². The second-order valence-electron chi connectivity index (χ2n) is 7.63. The Morgan fingerprint density at radius 2 is 1.30 bits per heavy atom. The summed E-state index contributed by atoms with van der Waals surface area (Å²) in [6, 6.07) is 17.9. The Hall–Kier alpha value is -2.28. The molecule has 154 valence electrons. The van der Waals surface area contributed by atoms with Gasteiger partial charge in [0, 0.05) is 16.1 Å². The van der Waals surface area contributed by atoms with Crippen molar-refractivity contribution in [2.75, 3.05) is 4.31 Å². The molecule has 2 heterocycles. The quantitative estimate of drug-likeness (QED) is 0.561. The van der Waals surface area contributed by atoms with Gasteiger partial charge in [-0.25, -0.2) is 12.7 Å². The molecule has 0 saturated heterocycles. The Bertz CT molecular complexity index is 1270. The first-order valence-electron chi connectivity index (χ1n) is 9.63. The van der Waals surface area contributed by atoms with Crippen molar-refractivity contribution in [1.29, 1.82) is 0 Å². The number of sulfonamides is 1. The highest BCUT2D eigenvalue weighted by molar-refractivity contribution is 7.93. The Morgan fingerprint density at radius 1 is 0.767 bits per heavy atom. The van der Waals surface area contributed by atoms with Gasteiger partial charge in [0.05, 0.1) is 17.3 Å². The molecule has 0 radical (unpaired) electrons. The summed E-state index contributed by atoms with van der Waals surface area (Å²) >= 11 is 12.2. The van der Waals surface area contributed by atoms with Crippen molar-refractivity contribution in [2.24, 2.45) is 0 Å². The lowest BCUT2D eigenvalue weighted by Crippen LogP contribution is -2.36. The third kappa shape index (κ3) is 3.14. The zero-order chi connectivity index (χ0) is 21.0. The van der Waals surface area contributed by atoms with Crippen LogP contribution < -0.4 is 9.86 Å². The molecule has 30 heavy (non-hydrogen) atoms. The molecule has 2 aliphatic rings. The van der Waals surface area contributed by atoms with Crippen LogP contribution in [0.1, 0.15) is 36.1 Å². The van der Waals surface area contributed by atoms with Gasteiger partial charge >= 0.3 is 0 Å². The number of fused-ring (bicyclic) bond motifs is 1. The molecule has 0 bridgehead atoms. The normalized spacial score (nSPS) is 20.9. The van der Waals surface area contributed by atoms with Crippen LogP contribution in [0.25, 0.3) is 0 Å². The number of anilines is 1. The molecule has 1 aliphatic heterocycles. The molecule has 2 unspecified atom stereocenters. The average molecular weight is 461 g/mol. The molecule has 5 rings (SSSR count). The highest BCUT2D eigenvalue weighted by Crippen LogP contribution is 2.50. The van der Waals surface area contributed by atoms with E-state index in [4.69, 9.17) is 23.2 Å². The maximum absolute atomic E-state index is 13.5. The van der Waals surface area contributed by atoms with Crippen LogP contribution in [0.5, 0.6) is 0 Å². The Balaban J connectivity index is 1.79. The van der Waals surface area contributed by atoms with E-state index in [2.05, 4.69) is 0 Å². The van der Waals surface area contributed by atoms with E-state index < -0.39 is 27.4 Å². The molecular formula is C22H18Cl2N2O3S. The molecule has 1 aliphatic carbocycles. The minimum atomic E-state index is -3.64. The fourth-order valence-corrected chi connectivity index (χ4v) is 6.41. The molecular weight excluding hydrogens is 443 g/mol. The lowest BCUT2D eigenvalue weighted by atomic mass is 9.94. The first-order chi connectivity index (χ1) is 14.4. The minimum absolute atomic E-state index is 0.250. The van der Waals surface area contributed by atoms with Crippen LogP contribution in [-0.4, -0.2) is 18.2 Å². The van der Waals surface area contributed by atoms with Crippen LogP contribution in [0.4, 0.5) is 5.82 Å². The van der Waals surface area contributed by atoms with Crippen LogP contribution in [0.15, 0.2) is 71.5 Å². The maximum atomic E-state index is 13.5. The predicted molar refractivity (Wildman–Crippen MR) is 119 cm³/mol. The summed E-state index contributed by atoms with van der Waals surface area (Å²) in [4.78, 5) is 12.9. The first-order valence-corrected chi connectivity index (χ1v) is 11.9. The smallest absolute Gasteiger partial charge is 0.252 e. The maximum Gasteiger partial charge on any atom is 0.252 e. The number of pyridine rings is 1. The van der Waals surface area contributed by atoms with E-state index in [1.807, 2.05) is 24.3 Å². The standard InChI is InChI=1S/C22H18Cl2N2O3S/c23-16-8-4-14(5-9-16)21-22(15-6-10-17(24)11-7-15)26(30(28,29)18-12-13-18)19-2-1-3-20(27)25(19)21/h1-11,18,21-22H,12-13H2. The Morgan fingerprint density at radius 3 is 1.83 bits per heavy atom. The van der Waals surface area contributed by atoms with Crippen LogP contribution in [-0.2, 0) is 10.0 Å². The summed E-state index contributed by atoms with van der Waals surface area (Å²) in [5, 5.41) is 0.717. The van der Waals surface area contributed by atoms with E-state index in [9.17, 15) is 13.2 Å². The Labute approximate surface area is 184 Å². The van der Waals surface area contributed by atoms with Crippen molar-refractivity contribution in [3.05, 3.63) is 98.3 Å². The van der Waals surface area contributed by atoms with Gasteiger partial charge in [0.1, 0.15) is 5.82 Å². The second kappa shape index (κ2) is 7.15. The van der Waals surface area contributed by atoms with Crippen molar-refractivity contribution in [1.82, 2.24) is 4.57 Å². The molecule has 1 fully saturated rings. The van der Waals surface area contributed by atoms with E-state index in [0.29, 0.717) is 28.7 Å². The van der Waals surface area contributed by atoms with Crippen LogP contribution in [0.2, 0.25) is 10.0 Å². The molecule has 1 saturated carbocycles. The summed E-state index contributed by atoms with van der Waals surface area (Å²) in [7, 11) is -3.64. The monoisotopic (exact) mass is 460 g/mol. The van der Waals surface area contributed by atoms with Crippen LogP contribution in [0.3, 0.4) is 0 Å². The van der Waals surface area contributed by atoms with Crippen LogP contribution in [0, 0.1) is 0 Å². The number of hydrogen-bond donors (Lipinski definition) is 0. The highest BCUT2D eigenvalue weighted by atomic mass is 35.5. The molecule has 2 aromatic carbocycles. The van der Waals surface area contributed by atoms with Gasteiger partial charge in [-0.15, -0.1) is 0 Å². The van der Waals surface area contributed by atoms with Gasteiger partial charge in [0.15, 0.2) is 0 Å². The fourth-order valence-electron chi connectivity index (χ4n) is 4.15. The van der Waals surface area contributed by atoms with Gasteiger partial charge in [-0.3, -0.25) is 9.36 Å². The summed E-state index contributed by atoms with van der Waals surface area (Å²) in [5.74, 6) is 0.384. The Kier molecular flexibility index (Phi) is 4.69. The van der Waals surface area contributed by atoms with E-state index in [1.54, 1.807) is 41.0 Å². The number of nitrogens with zero attached hydrogens (tertiary/aromatic N) is 2. The molecule has 1 aromatic heterocycles. The van der Waals surface area contributed by atoms with Gasteiger partial charge in [0.25, 0.3) is 5.56 Å². The molecule has 0 amide bonds. The average Bonchev–Trinajstić information content (AvgIpc) is 3.52. The first kappa shape index (κ1) is 19.7. The van der Waals surface area contributed by atoms with Gasteiger partial charge in [-0.2, -0.15) is 0 Å². The van der Waals surface area contributed by atoms with E-state index in [-0.39, 0.29) is 5.56 Å². The van der Waals surface area contributed by atoms with E-state index in [1.165, 1.54) is 10.4 Å². The zero-order valence-corrected chi connectivity index (χ0v) is 18.1. The zero-order valence-electron chi connectivity index (χ0n) is 15.8. The lowest BCUT2D eigenvalue weighted by Gasteiger charge is -2.29. The van der Waals surface area contributed by atoms with Crippen molar-refractivity contribution >= 4 is 39.0 Å². The molecule has 0 spiro atoms. The third-order valence-electron chi connectivity index (χ3n) is 5.67. The van der Waals surface area contributed by atoms with Crippen molar-refractivity contribution < 1.29 is 8.42 Å². The molecule has 2 atom stereocenters. The summed E-state index contributed by atoms with van der Waals surface area (Å²) in [6.07, 6.45) is 1.27. The highest BCUT2D eigenvalue weighted by Gasteiger charge is 2.51. The SMILES string of the molecule is O=c1cccc2n1C(c1ccc(Cl)cc1)C(c1ccc(Cl)cc1)N2S(=O)(=O)C1CC1. The number of halogens is 2. The summed E-state index contributed by atoms with van der Waals surface area (Å²) < 4.78 is 30.0. The van der Waals surface area contributed by atoms with Gasteiger partial charge in [-0.1, -0.05) is 53.5 Å². The number of hydrogen-bond acceptors (Lipinski definition) is 3. The van der Waals surface area contributed by atoms with Crippen LogP contribution >= 0.6 is 23.2 Å². The summed E-state index contributed by atoms with van der Waals surface area (Å²) in [6.45, 7) is 0. The predicted octanol–water partition coefficient (Wildman–Crippen LogP) is 4.80. The topological polar surface area (TPSA) is 59.4 Å². The van der Waals surface area contributed by atoms with E-state index in [0.717, 1.165) is 11.1 Å².